The van der Waals surface area contributed by atoms with Gasteiger partial charge in [-0.05, 0) is 69.3 Å². The van der Waals surface area contributed by atoms with Crippen LogP contribution >= 0.6 is 0 Å². The van der Waals surface area contributed by atoms with Crippen molar-refractivity contribution in [1.82, 2.24) is 29.9 Å². The Morgan fingerprint density at radius 3 is 2.63 bits per heavy atom. The van der Waals surface area contributed by atoms with Crippen molar-refractivity contribution in [1.29, 1.82) is 5.26 Å². The monoisotopic (exact) mass is 464 g/mol. The minimum Gasteiger partial charge on any atom is -0.384 e. The zero-order valence-corrected chi connectivity index (χ0v) is 19.8. The summed E-state index contributed by atoms with van der Waals surface area (Å²) in [6.45, 7) is 5.04. The van der Waals surface area contributed by atoms with Crippen LogP contribution in [-0.2, 0) is 6.54 Å². The highest BCUT2D eigenvalue weighted by atomic mass is 15.4. The molecule has 1 aromatic carbocycles. The second-order valence-corrected chi connectivity index (χ2v) is 8.99. The summed E-state index contributed by atoms with van der Waals surface area (Å²) in [6.07, 6.45) is 5.74. The number of nitrogens with zero attached hydrogens (tertiary/aromatic N) is 7. The van der Waals surface area contributed by atoms with Gasteiger partial charge >= 0.3 is 0 Å². The van der Waals surface area contributed by atoms with Gasteiger partial charge in [0.15, 0.2) is 0 Å². The van der Waals surface area contributed by atoms with Crippen molar-refractivity contribution in [2.45, 2.75) is 38.8 Å². The zero-order chi connectivity index (χ0) is 24.2. The molecule has 0 radical (unpaired) electrons. The molecule has 0 bridgehead atoms. The van der Waals surface area contributed by atoms with Crippen molar-refractivity contribution in [3.8, 4) is 28.6 Å². The van der Waals surface area contributed by atoms with E-state index in [1.807, 2.05) is 30.5 Å². The van der Waals surface area contributed by atoms with E-state index in [1.54, 1.807) is 22.9 Å². The van der Waals surface area contributed by atoms with E-state index in [2.05, 4.69) is 45.3 Å². The van der Waals surface area contributed by atoms with Gasteiger partial charge in [0.05, 0.1) is 41.5 Å². The molecule has 3 aromatic heterocycles. The summed E-state index contributed by atoms with van der Waals surface area (Å²) in [5, 5.41) is 17.9. The van der Waals surface area contributed by atoms with Crippen LogP contribution in [0.2, 0.25) is 0 Å². The summed E-state index contributed by atoms with van der Waals surface area (Å²) in [5.74, 6) is 0.385. The van der Waals surface area contributed by atoms with Crippen LogP contribution in [0.4, 0.5) is 5.82 Å². The third-order valence-electron chi connectivity index (χ3n) is 6.49. The van der Waals surface area contributed by atoms with E-state index in [4.69, 9.17) is 10.7 Å². The predicted octanol–water partition coefficient (Wildman–Crippen LogP) is 4.45. The standard InChI is InChI=1S/C27H28N8/c1-19(34-11-3-2-4-12-34)24-10-6-9-23(30-24)17-35-18-26(32-33-35)22-14-25(31-27(29)15-22)21-8-5-7-20(13-21)16-28/h5-10,13-15,18-19H,2-4,11-12,17H2,1H3,(H2,29,31)/t19-/m1/s1. The fourth-order valence-electron chi connectivity index (χ4n) is 4.58. The highest BCUT2D eigenvalue weighted by Gasteiger charge is 2.19. The number of pyridine rings is 2. The topological polar surface area (TPSA) is 110 Å². The molecule has 35 heavy (non-hydrogen) atoms. The fraction of sp³-hybridized carbons (Fsp3) is 0.296. The van der Waals surface area contributed by atoms with Crippen LogP contribution in [0.5, 0.6) is 0 Å². The third kappa shape index (κ3) is 5.20. The number of nitrogens with two attached hydrogens (primary N) is 1. The molecule has 1 atom stereocenters. The molecule has 0 aliphatic carbocycles. The van der Waals surface area contributed by atoms with E-state index in [-0.39, 0.29) is 0 Å². The SMILES string of the molecule is C[C@H](c1cccc(Cn2cc(-c3cc(N)nc(-c4cccc(C#N)c4)c3)nn2)n1)N1CCCCC1. The fourth-order valence-corrected chi connectivity index (χ4v) is 4.58. The number of benzene rings is 1. The third-order valence-corrected chi connectivity index (χ3v) is 6.49. The van der Waals surface area contributed by atoms with E-state index >= 15 is 0 Å². The summed E-state index contributed by atoms with van der Waals surface area (Å²) in [5.41, 5.74) is 11.8. The molecule has 8 nitrogen and oxygen atoms in total. The molecule has 1 fully saturated rings. The molecule has 1 aliphatic heterocycles. The highest BCUT2D eigenvalue weighted by molar-refractivity contribution is 5.71. The van der Waals surface area contributed by atoms with E-state index in [0.29, 0.717) is 35.4 Å². The predicted molar refractivity (Wildman–Crippen MR) is 135 cm³/mol. The Kier molecular flexibility index (Phi) is 6.51. The van der Waals surface area contributed by atoms with Crippen molar-refractivity contribution in [2.75, 3.05) is 18.8 Å². The molecule has 1 aliphatic rings. The Bertz CT molecular complexity index is 1360. The number of anilines is 1. The lowest BCUT2D eigenvalue weighted by atomic mass is 10.1. The highest BCUT2D eigenvalue weighted by Crippen LogP contribution is 2.27. The minimum atomic E-state index is 0.305. The molecule has 176 valence electrons. The first-order chi connectivity index (χ1) is 17.1. The van der Waals surface area contributed by atoms with E-state index in [0.717, 1.165) is 35.6 Å². The van der Waals surface area contributed by atoms with Gasteiger partial charge in [-0.3, -0.25) is 9.88 Å². The maximum atomic E-state index is 9.21. The number of hydrogen-bond acceptors (Lipinski definition) is 7. The largest absolute Gasteiger partial charge is 0.384 e. The summed E-state index contributed by atoms with van der Waals surface area (Å²) >= 11 is 0. The second-order valence-electron chi connectivity index (χ2n) is 8.99. The first kappa shape index (κ1) is 22.7. The number of piperidine rings is 1. The van der Waals surface area contributed by atoms with Crippen LogP contribution in [0.3, 0.4) is 0 Å². The lowest BCUT2D eigenvalue weighted by Gasteiger charge is -2.32. The first-order valence-electron chi connectivity index (χ1n) is 12.0. The van der Waals surface area contributed by atoms with Crippen molar-refractivity contribution in [2.24, 2.45) is 0 Å². The van der Waals surface area contributed by atoms with Gasteiger partial charge in [-0.2, -0.15) is 5.26 Å². The molecular weight excluding hydrogens is 436 g/mol. The molecule has 0 spiro atoms. The summed E-state index contributed by atoms with van der Waals surface area (Å²) in [4.78, 5) is 11.9. The maximum Gasteiger partial charge on any atom is 0.124 e. The normalized spacial score (nSPS) is 15.0. The second kappa shape index (κ2) is 10.0. The molecule has 5 rings (SSSR count). The van der Waals surface area contributed by atoms with E-state index in [1.165, 1.54) is 19.3 Å². The molecule has 0 saturated carbocycles. The van der Waals surface area contributed by atoms with Crippen LogP contribution in [0, 0.1) is 11.3 Å². The zero-order valence-electron chi connectivity index (χ0n) is 19.8. The van der Waals surface area contributed by atoms with Crippen LogP contribution in [0.1, 0.15) is 49.2 Å². The van der Waals surface area contributed by atoms with E-state index in [9.17, 15) is 5.26 Å². The van der Waals surface area contributed by atoms with Crippen molar-refractivity contribution < 1.29 is 0 Å². The molecule has 0 amide bonds. The van der Waals surface area contributed by atoms with Crippen molar-refractivity contribution in [3.63, 3.8) is 0 Å². The molecule has 8 heteroatoms. The molecule has 2 N–H and O–H groups in total. The Balaban J connectivity index is 1.35. The molecule has 0 unspecified atom stereocenters. The van der Waals surface area contributed by atoms with Crippen LogP contribution in [0.25, 0.3) is 22.5 Å². The summed E-state index contributed by atoms with van der Waals surface area (Å²) in [7, 11) is 0. The van der Waals surface area contributed by atoms with Gasteiger partial charge in [-0.25, -0.2) is 9.67 Å². The minimum absolute atomic E-state index is 0.305. The smallest absolute Gasteiger partial charge is 0.124 e. The van der Waals surface area contributed by atoms with Gasteiger partial charge in [-0.15, -0.1) is 5.10 Å². The van der Waals surface area contributed by atoms with Gasteiger partial charge in [0, 0.05) is 17.2 Å². The average Bonchev–Trinajstić information content (AvgIpc) is 3.37. The van der Waals surface area contributed by atoms with Gasteiger partial charge in [0.1, 0.15) is 11.5 Å². The number of rotatable bonds is 6. The summed E-state index contributed by atoms with van der Waals surface area (Å²) in [6, 6.07) is 19.7. The number of hydrogen-bond donors (Lipinski definition) is 1. The Hall–Kier alpha value is -4.09. The lowest BCUT2D eigenvalue weighted by Crippen LogP contribution is -2.32. The Morgan fingerprint density at radius 2 is 1.80 bits per heavy atom. The molecule has 4 heterocycles. The Morgan fingerprint density at radius 1 is 0.971 bits per heavy atom. The maximum absolute atomic E-state index is 9.21. The molecule has 1 saturated heterocycles. The summed E-state index contributed by atoms with van der Waals surface area (Å²) < 4.78 is 1.79. The van der Waals surface area contributed by atoms with Crippen LogP contribution in [-0.4, -0.2) is 43.0 Å². The average molecular weight is 465 g/mol. The number of aromatic nitrogens is 5. The van der Waals surface area contributed by atoms with Crippen molar-refractivity contribution >= 4 is 5.82 Å². The lowest BCUT2D eigenvalue weighted by molar-refractivity contribution is 0.172. The van der Waals surface area contributed by atoms with Gasteiger partial charge < -0.3 is 5.73 Å². The Labute approximate surface area is 205 Å². The molecule has 4 aromatic rings. The first-order valence-corrected chi connectivity index (χ1v) is 12.0. The quantitative estimate of drug-likeness (QED) is 0.449. The number of likely N-dealkylation sites (tertiary alicyclic amines) is 1. The van der Waals surface area contributed by atoms with Crippen LogP contribution < -0.4 is 5.73 Å². The van der Waals surface area contributed by atoms with Gasteiger partial charge in [-0.1, -0.05) is 29.8 Å². The van der Waals surface area contributed by atoms with E-state index < -0.39 is 0 Å². The van der Waals surface area contributed by atoms with Gasteiger partial charge in [0.2, 0.25) is 0 Å². The number of nitrogen functional groups attached to an aromatic ring is 1. The molecular formula is C27H28N8. The number of nitriles is 1. The van der Waals surface area contributed by atoms with Gasteiger partial charge in [0.25, 0.3) is 0 Å². The van der Waals surface area contributed by atoms with Crippen LogP contribution in [0.15, 0.2) is 60.8 Å². The van der Waals surface area contributed by atoms with Crippen molar-refractivity contribution in [3.05, 3.63) is 77.7 Å².